The van der Waals surface area contributed by atoms with Crippen molar-refractivity contribution in [3.05, 3.63) is 45.7 Å². The summed E-state index contributed by atoms with van der Waals surface area (Å²) < 4.78 is 3.55. The third kappa shape index (κ3) is 3.01. The van der Waals surface area contributed by atoms with Gasteiger partial charge in [0.15, 0.2) is 5.78 Å². The molecule has 112 valence electrons. The van der Waals surface area contributed by atoms with Gasteiger partial charge in [0, 0.05) is 23.5 Å². The summed E-state index contributed by atoms with van der Waals surface area (Å²) in [6.45, 7) is 6.91. The SMILES string of the molecule is CCCn1c(C)cc(C(=O)Cn2cnc([N+](=O)[O-])c2)c1C. The minimum absolute atomic E-state index is 0.0528. The van der Waals surface area contributed by atoms with Crippen LogP contribution in [0.25, 0.3) is 0 Å². The molecule has 0 bridgehead atoms. The van der Waals surface area contributed by atoms with Gasteiger partial charge in [-0.15, -0.1) is 0 Å². The smallest absolute Gasteiger partial charge is 0.358 e. The first-order chi connectivity index (χ1) is 9.93. The second kappa shape index (κ2) is 5.90. The van der Waals surface area contributed by atoms with Gasteiger partial charge in [-0.2, -0.15) is 0 Å². The molecule has 0 saturated carbocycles. The van der Waals surface area contributed by atoms with Gasteiger partial charge in [-0.05, 0) is 36.2 Å². The zero-order valence-electron chi connectivity index (χ0n) is 12.4. The molecule has 7 heteroatoms. The van der Waals surface area contributed by atoms with Crippen LogP contribution in [-0.4, -0.2) is 24.8 Å². The molecule has 0 fully saturated rings. The van der Waals surface area contributed by atoms with E-state index in [1.807, 2.05) is 19.9 Å². The topological polar surface area (TPSA) is 83.0 Å². The average Bonchev–Trinajstić information content (AvgIpc) is 2.99. The summed E-state index contributed by atoms with van der Waals surface area (Å²) in [5.41, 5.74) is 2.65. The molecular formula is C14H18N4O3. The molecule has 0 aromatic carbocycles. The Labute approximate surface area is 122 Å². The number of ketones is 1. The van der Waals surface area contributed by atoms with Gasteiger partial charge in [0.2, 0.25) is 6.33 Å². The zero-order valence-corrected chi connectivity index (χ0v) is 12.4. The number of Topliss-reactive ketones (excluding diaryl/α,β-unsaturated/α-hetero) is 1. The molecule has 0 N–H and O–H groups in total. The highest BCUT2D eigenvalue weighted by molar-refractivity contribution is 5.97. The Morgan fingerprint density at radius 2 is 2.14 bits per heavy atom. The van der Waals surface area contributed by atoms with E-state index in [1.54, 1.807) is 0 Å². The fraction of sp³-hybridized carbons (Fsp3) is 0.429. The Morgan fingerprint density at radius 1 is 1.43 bits per heavy atom. The van der Waals surface area contributed by atoms with Gasteiger partial charge in [0.25, 0.3) is 0 Å². The van der Waals surface area contributed by atoms with Gasteiger partial charge in [0.05, 0.1) is 6.54 Å². The van der Waals surface area contributed by atoms with Crippen molar-refractivity contribution in [1.82, 2.24) is 14.1 Å². The highest BCUT2D eigenvalue weighted by atomic mass is 16.6. The number of hydrogen-bond donors (Lipinski definition) is 0. The summed E-state index contributed by atoms with van der Waals surface area (Å²) in [4.78, 5) is 26.0. The number of imidazole rings is 1. The number of hydrogen-bond acceptors (Lipinski definition) is 4. The molecule has 2 aromatic rings. The molecule has 2 heterocycles. The van der Waals surface area contributed by atoms with Crippen LogP contribution in [0.2, 0.25) is 0 Å². The van der Waals surface area contributed by atoms with Gasteiger partial charge >= 0.3 is 5.82 Å². The summed E-state index contributed by atoms with van der Waals surface area (Å²) in [7, 11) is 0. The quantitative estimate of drug-likeness (QED) is 0.465. The summed E-state index contributed by atoms with van der Waals surface area (Å²) in [5.74, 6) is -0.322. The van der Waals surface area contributed by atoms with Crippen LogP contribution < -0.4 is 0 Å². The van der Waals surface area contributed by atoms with Crippen molar-refractivity contribution in [2.24, 2.45) is 0 Å². The normalized spacial score (nSPS) is 10.8. The fourth-order valence-corrected chi connectivity index (χ4v) is 2.43. The van der Waals surface area contributed by atoms with E-state index in [0.29, 0.717) is 5.56 Å². The van der Waals surface area contributed by atoms with E-state index in [0.717, 1.165) is 24.4 Å². The number of carbonyl (C=O) groups excluding carboxylic acids is 1. The van der Waals surface area contributed by atoms with Gasteiger partial charge < -0.3 is 19.2 Å². The minimum atomic E-state index is -0.575. The van der Waals surface area contributed by atoms with Crippen molar-refractivity contribution < 1.29 is 9.72 Å². The second-order valence-corrected chi connectivity index (χ2v) is 5.02. The summed E-state index contributed by atoms with van der Waals surface area (Å²) in [6.07, 6.45) is 3.57. The van der Waals surface area contributed by atoms with E-state index >= 15 is 0 Å². The largest absolute Gasteiger partial charge is 0.381 e. The maximum atomic E-state index is 12.4. The van der Waals surface area contributed by atoms with Gasteiger partial charge in [-0.3, -0.25) is 4.79 Å². The molecule has 0 saturated heterocycles. The molecule has 21 heavy (non-hydrogen) atoms. The second-order valence-electron chi connectivity index (χ2n) is 5.02. The van der Waals surface area contributed by atoms with Crippen LogP contribution in [0.5, 0.6) is 0 Å². The number of aryl methyl sites for hydroxylation is 1. The third-order valence-corrected chi connectivity index (χ3v) is 3.45. The molecule has 0 aliphatic carbocycles. The Bertz CT molecular complexity index is 684. The van der Waals surface area contributed by atoms with Crippen molar-refractivity contribution >= 4 is 11.6 Å². The van der Waals surface area contributed by atoms with E-state index in [4.69, 9.17) is 0 Å². The molecule has 0 unspecified atom stereocenters. The predicted molar refractivity (Wildman–Crippen MR) is 77.4 cm³/mol. The fourth-order valence-electron chi connectivity index (χ4n) is 2.43. The molecule has 2 aromatic heterocycles. The molecule has 0 aliphatic heterocycles. The van der Waals surface area contributed by atoms with Crippen molar-refractivity contribution in [3.63, 3.8) is 0 Å². The van der Waals surface area contributed by atoms with E-state index in [2.05, 4.69) is 16.5 Å². The van der Waals surface area contributed by atoms with Crippen LogP contribution in [0.4, 0.5) is 5.82 Å². The summed E-state index contributed by atoms with van der Waals surface area (Å²) in [6, 6.07) is 1.87. The summed E-state index contributed by atoms with van der Waals surface area (Å²) in [5, 5.41) is 10.6. The van der Waals surface area contributed by atoms with Gasteiger partial charge in [-0.1, -0.05) is 6.92 Å². The van der Waals surface area contributed by atoms with Crippen LogP contribution in [0, 0.1) is 24.0 Å². The number of aromatic nitrogens is 3. The zero-order chi connectivity index (χ0) is 15.6. The van der Waals surface area contributed by atoms with Gasteiger partial charge in [0.1, 0.15) is 6.20 Å². The lowest BCUT2D eigenvalue weighted by atomic mass is 10.1. The van der Waals surface area contributed by atoms with Crippen molar-refractivity contribution in [1.29, 1.82) is 0 Å². The molecule has 0 spiro atoms. The van der Waals surface area contributed by atoms with Crippen LogP contribution in [0.15, 0.2) is 18.6 Å². The first kappa shape index (κ1) is 15.0. The lowest BCUT2D eigenvalue weighted by Crippen LogP contribution is -2.10. The molecular weight excluding hydrogens is 272 g/mol. The Kier molecular flexibility index (Phi) is 4.21. The van der Waals surface area contributed by atoms with Gasteiger partial charge in [-0.25, -0.2) is 0 Å². The lowest BCUT2D eigenvalue weighted by molar-refractivity contribution is -0.389. The number of nitro groups is 1. The van der Waals surface area contributed by atoms with E-state index in [1.165, 1.54) is 17.1 Å². The number of rotatable bonds is 6. The third-order valence-electron chi connectivity index (χ3n) is 3.45. The predicted octanol–water partition coefficient (Wildman–Crippen LogP) is 2.50. The Hall–Kier alpha value is -2.44. The van der Waals surface area contributed by atoms with Crippen LogP contribution in [-0.2, 0) is 13.1 Å². The maximum absolute atomic E-state index is 12.4. The minimum Gasteiger partial charge on any atom is -0.358 e. The maximum Gasteiger partial charge on any atom is 0.381 e. The van der Waals surface area contributed by atoms with E-state index in [9.17, 15) is 14.9 Å². The molecule has 0 aliphatic rings. The highest BCUT2D eigenvalue weighted by Crippen LogP contribution is 2.17. The van der Waals surface area contributed by atoms with E-state index < -0.39 is 4.92 Å². The van der Waals surface area contributed by atoms with Crippen LogP contribution in [0.1, 0.15) is 35.1 Å². The van der Waals surface area contributed by atoms with Crippen LogP contribution >= 0.6 is 0 Å². The first-order valence-corrected chi connectivity index (χ1v) is 6.80. The van der Waals surface area contributed by atoms with Crippen LogP contribution in [0.3, 0.4) is 0 Å². The average molecular weight is 290 g/mol. The molecule has 0 radical (unpaired) electrons. The first-order valence-electron chi connectivity index (χ1n) is 6.80. The summed E-state index contributed by atoms with van der Waals surface area (Å²) >= 11 is 0. The highest BCUT2D eigenvalue weighted by Gasteiger charge is 2.17. The molecule has 2 rings (SSSR count). The molecule has 0 atom stereocenters. The molecule has 7 nitrogen and oxygen atoms in total. The van der Waals surface area contributed by atoms with E-state index in [-0.39, 0.29) is 18.1 Å². The lowest BCUT2D eigenvalue weighted by Gasteiger charge is -2.07. The Balaban J connectivity index is 2.20. The van der Waals surface area contributed by atoms with Crippen molar-refractivity contribution in [2.75, 3.05) is 0 Å². The molecule has 0 amide bonds. The Morgan fingerprint density at radius 3 is 2.71 bits per heavy atom. The standard InChI is InChI=1S/C14H18N4O3/c1-4-5-17-10(2)6-12(11(17)3)13(19)7-16-8-14(15-9-16)18(20)21/h6,8-9H,4-5,7H2,1-3H3. The monoisotopic (exact) mass is 290 g/mol. The van der Waals surface area contributed by atoms with Crippen molar-refractivity contribution in [3.8, 4) is 0 Å². The van der Waals surface area contributed by atoms with Crippen molar-refractivity contribution in [2.45, 2.75) is 40.3 Å². The number of carbonyl (C=O) groups is 1. The number of nitrogens with zero attached hydrogens (tertiary/aromatic N) is 4.